The molecule has 0 amide bonds. The molecule has 1 aliphatic rings. The van der Waals surface area contributed by atoms with Crippen LogP contribution in [0, 0.1) is 0 Å². The lowest BCUT2D eigenvalue weighted by Gasteiger charge is -2.06. The highest BCUT2D eigenvalue weighted by atomic mass is 79.9. The number of halogens is 1. The topological polar surface area (TPSA) is 99.1 Å². The Kier molecular flexibility index (Phi) is 3.24. The van der Waals surface area contributed by atoms with Crippen LogP contribution in [0.25, 0.3) is 10.7 Å². The first-order valence-electron chi connectivity index (χ1n) is 5.48. The lowest BCUT2D eigenvalue weighted by molar-refractivity contribution is 0.352. The van der Waals surface area contributed by atoms with Crippen LogP contribution in [-0.4, -0.2) is 36.1 Å². The molecule has 2 aromatic heterocycles. The first-order chi connectivity index (χ1) is 8.94. The zero-order valence-corrected chi connectivity index (χ0v) is 12.8. The third kappa shape index (κ3) is 2.60. The average Bonchev–Trinajstić information content (AvgIpc) is 2.97. The second-order valence-corrected chi connectivity index (χ2v) is 8.41. The maximum absolute atomic E-state index is 11.5. The number of hydrogen-bond donors (Lipinski definition) is 1. The highest BCUT2D eigenvalue weighted by Crippen LogP contribution is 2.31. The molecule has 1 saturated heterocycles. The van der Waals surface area contributed by atoms with E-state index in [1.807, 2.05) is 11.4 Å². The van der Waals surface area contributed by atoms with Gasteiger partial charge < -0.3 is 10.3 Å². The van der Waals surface area contributed by atoms with E-state index in [-0.39, 0.29) is 11.5 Å². The van der Waals surface area contributed by atoms with Crippen molar-refractivity contribution >= 4 is 37.1 Å². The number of thiophene rings is 1. The molecule has 1 aliphatic heterocycles. The Labute approximate surface area is 122 Å². The van der Waals surface area contributed by atoms with Crippen LogP contribution in [0.5, 0.6) is 0 Å². The maximum Gasteiger partial charge on any atom is 0.232 e. The molecule has 2 aromatic rings. The number of nitrogens with zero attached hydrogens (tertiary/aromatic N) is 2. The summed E-state index contributed by atoms with van der Waals surface area (Å²) in [6.07, 6.45) is 0. The van der Waals surface area contributed by atoms with Gasteiger partial charge in [0.15, 0.2) is 9.84 Å². The molecular weight excluding hydrogens is 354 g/mol. The van der Waals surface area contributed by atoms with E-state index in [1.54, 1.807) is 0 Å². The lowest BCUT2D eigenvalue weighted by Crippen LogP contribution is -2.27. The van der Waals surface area contributed by atoms with Gasteiger partial charge in [-0.15, -0.1) is 11.3 Å². The van der Waals surface area contributed by atoms with E-state index in [0.717, 1.165) is 9.35 Å². The highest BCUT2D eigenvalue weighted by molar-refractivity contribution is 9.10. The van der Waals surface area contributed by atoms with Crippen LogP contribution >= 0.6 is 27.3 Å². The second-order valence-electron chi connectivity index (χ2n) is 4.43. The number of rotatable bonds is 2. The number of sulfone groups is 1. The largest absolute Gasteiger partial charge is 0.339 e. The van der Waals surface area contributed by atoms with E-state index in [1.165, 1.54) is 11.3 Å². The normalized spacial score (nSPS) is 25.8. The zero-order valence-electron chi connectivity index (χ0n) is 9.61. The standard InChI is InChI=1S/C10H10BrN3O3S2/c11-5-1-8(18-2-5)9-13-10(17-14-9)6-3-19(15,16)4-7(6)12/h1-2,6-7H,3-4,12H2/t6-,7-/m1/s1. The van der Waals surface area contributed by atoms with Crippen LogP contribution in [0.2, 0.25) is 0 Å². The van der Waals surface area contributed by atoms with Gasteiger partial charge in [-0.1, -0.05) is 5.16 Å². The SMILES string of the molecule is N[C@@H]1CS(=O)(=O)C[C@H]1c1nc(-c2cc(Br)cs2)no1. The summed E-state index contributed by atoms with van der Waals surface area (Å²) in [7, 11) is -3.10. The van der Waals surface area contributed by atoms with Crippen molar-refractivity contribution in [1.29, 1.82) is 0 Å². The monoisotopic (exact) mass is 363 g/mol. The molecule has 0 radical (unpaired) electrons. The molecule has 9 heteroatoms. The molecule has 3 rings (SSSR count). The Morgan fingerprint density at radius 3 is 2.84 bits per heavy atom. The maximum atomic E-state index is 11.5. The van der Waals surface area contributed by atoms with Gasteiger partial charge in [-0.3, -0.25) is 0 Å². The fourth-order valence-electron chi connectivity index (χ4n) is 2.05. The third-order valence-corrected chi connectivity index (χ3v) is 6.39. The molecule has 0 saturated carbocycles. The molecule has 1 fully saturated rings. The van der Waals surface area contributed by atoms with Crippen LogP contribution in [0.1, 0.15) is 11.8 Å². The van der Waals surface area contributed by atoms with Crippen molar-refractivity contribution in [2.75, 3.05) is 11.5 Å². The van der Waals surface area contributed by atoms with Crippen molar-refractivity contribution < 1.29 is 12.9 Å². The van der Waals surface area contributed by atoms with E-state index in [0.29, 0.717) is 11.7 Å². The molecule has 0 bridgehead atoms. The van der Waals surface area contributed by atoms with Crippen molar-refractivity contribution in [2.45, 2.75) is 12.0 Å². The quantitative estimate of drug-likeness (QED) is 0.865. The van der Waals surface area contributed by atoms with Crippen molar-refractivity contribution in [3.05, 3.63) is 21.8 Å². The first-order valence-corrected chi connectivity index (χ1v) is 8.98. The Hall–Kier alpha value is -0.770. The molecule has 0 aromatic carbocycles. The lowest BCUT2D eigenvalue weighted by atomic mass is 10.1. The van der Waals surface area contributed by atoms with Crippen molar-refractivity contribution in [3.63, 3.8) is 0 Å². The van der Waals surface area contributed by atoms with Gasteiger partial charge in [-0.2, -0.15) is 4.98 Å². The van der Waals surface area contributed by atoms with Crippen molar-refractivity contribution in [2.24, 2.45) is 5.73 Å². The molecule has 3 heterocycles. The van der Waals surface area contributed by atoms with E-state index in [4.69, 9.17) is 10.3 Å². The second kappa shape index (κ2) is 4.65. The van der Waals surface area contributed by atoms with Crippen molar-refractivity contribution in [1.82, 2.24) is 10.1 Å². The molecule has 0 aliphatic carbocycles. The van der Waals surface area contributed by atoms with Crippen LogP contribution < -0.4 is 5.73 Å². The summed E-state index contributed by atoms with van der Waals surface area (Å²) in [5, 5.41) is 5.79. The minimum atomic E-state index is -3.10. The molecule has 0 unspecified atom stereocenters. The smallest absolute Gasteiger partial charge is 0.232 e. The van der Waals surface area contributed by atoms with Crippen LogP contribution in [0.15, 0.2) is 20.4 Å². The summed E-state index contributed by atoms with van der Waals surface area (Å²) >= 11 is 4.83. The fraction of sp³-hybridized carbons (Fsp3) is 0.400. The molecule has 2 N–H and O–H groups in total. The predicted molar refractivity (Wildman–Crippen MR) is 74.7 cm³/mol. The number of aromatic nitrogens is 2. The number of hydrogen-bond acceptors (Lipinski definition) is 7. The van der Waals surface area contributed by atoms with E-state index in [2.05, 4.69) is 26.1 Å². The Morgan fingerprint density at radius 1 is 1.47 bits per heavy atom. The summed E-state index contributed by atoms with van der Waals surface area (Å²) in [4.78, 5) is 5.12. The van der Waals surface area contributed by atoms with Gasteiger partial charge in [-0.05, 0) is 22.0 Å². The van der Waals surface area contributed by atoms with Gasteiger partial charge in [0.2, 0.25) is 11.7 Å². The predicted octanol–water partition coefficient (Wildman–Crippen LogP) is 1.40. The van der Waals surface area contributed by atoms with Gasteiger partial charge >= 0.3 is 0 Å². The summed E-state index contributed by atoms with van der Waals surface area (Å²) in [5.74, 6) is 0.300. The molecule has 102 valence electrons. The Balaban J connectivity index is 1.90. The third-order valence-electron chi connectivity index (χ3n) is 2.94. The molecule has 2 atom stereocenters. The molecule has 19 heavy (non-hydrogen) atoms. The molecule has 6 nitrogen and oxygen atoms in total. The van der Waals surface area contributed by atoms with E-state index < -0.39 is 21.8 Å². The molecular formula is C10H10BrN3O3S2. The van der Waals surface area contributed by atoms with Gasteiger partial charge in [0.25, 0.3) is 0 Å². The van der Waals surface area contributed by atoms with Gasteiger partial charge in [0.1, 0.15) is 0 Å². The van der Waals surface area contributed by atoms with Crippen LogP contribution in [0.4, 0.5) is 0 Å². The van der Waals surface area contributed by atoms with E-state index >= 15 is 0 Å². The van der Waals surface area contributed by atoms with Crippen LogP contribution in [0.3, 0.4) is 0 Å². The Morgan fingerprint density at radius 2 is 2.26 bits per heavy atom. The number of nitrogens with two attached hydrogens (primary N) is 1. The van der Waals surface area contributed by atoms with Crippen molar-refractivity contribution in [3.8, 4) is 10.7 Å². The minimum absolute atomic E-state index is 0.0239. The highest BCUT2D eigenvalue weighted by Gasteiger charge is 2.39. The Bertz CT molecular complexity index is 709. The van der Waals surface area contributed by atoms with Gasteiger partial charge in [0.05, 0.1) is 22.3 Å². The summed E-state index contributed by atoms with van der Waals surface area (Å²) in [6.45, 7) is 0. The summed E-state index contributed by atoms with van der Waals surface area (Å²) in [5.41, 5.74) is 5.83. The summed E-state index contributed by atoms with van der Waals surface area (Å²) < 4.78 is 29.2. The van der Waals surface area contributed by atoms with E-state index in [9.17, 15) is 8.42 Å². The summed E-state index contributed by atoms with van der Waals surface area (Å²) in [6, 6.07) is 1.40. The minimum Gasteiger partial charge on any atom is -0.339 e. The van der Waals surface area contributed by atoms with Gasteiger partial charge in [-0.25, -0.2) is 8.42 Å². The average molecular weight is 364 g/mol. The molecule has 0 spiro atoms. The van der Waals surface area contributed by atoms with Gasteiger partial charge in [0, 0.05) is 15.9 Å². The zero-order chi connectivity index (χ0) is 13.6. The fourth-order valence-corrected chi connectivity index (χ4v) is 5.29. The first kappa shape index (κ1) is 13.2. The van der Waals surface area contributed by atoms with Crippen LogP contribution in [-0.2, 0) is 9.84 Å².